The summed E-state index contributed by atoms with van der Waals surface area (Å²) in [7, 11) is 3.34. The van der Waals surface area contributed by atoms with E-state index in [0.29, 0.717) is 23.7 Å². The standard InChI is InChI=1S/C14H21NO4/c1-5-18-12-8-6-7-11(9-16)13(12)19-10(2)14(17)15(3)4/h6-8,10,16H,5,9H2,1-4H3. The summed E-state index contributed by atoms with van der Waals surface area (Å²) in [5, 5.41) is 9.34. The maximum atomic E-state index is 11.8. The molecule has 0 saturated carbocycles. The normalized spacial score (nSPS) is 11.8. The molecule has 0 aliphatic rings. The average molecular weight is 267 g/mol. The van der Waals surface area contributed by atoms with Crippen LogP contribution in [0.1, 0.15) is 19.4 Å². The predicted molar refractivity (Wildman–Crippen MR) is 72.3 cm³/mol. The maximum Gasteiger partial charge on any atom is 0.262 e. The summed E-state index contributed by atoms with van der Waals surface area (Å²) in [5.41, 5.74) is 0.601. The van der Waals surface area contributed by atoms with Crippen LogP contribution in [0.15, 0.2) is 18.2 Å². The van der Waals surface area contributed by atoms with E-state index in [1.165, 1.54) is 4.90 Å². The quantitative estimate of drug-likeness (QED) is 0.847. The van der Waals surface area contributed by atoms with Crippen molar-refractivity contribution < 1.29 is 19.4 Å². The van der Waals surface area contributed by atoms with Crippen molar-refractivity contribution in [3.8, 4) is 11.5 Å². The Morgan fingerprint density at radius 2 is 2.11 bits per heavy atom. The molecule has 1 aromatic carbocycles. The Bertz CT molecular complexity index is 431. The van der Waals surface area contributed by atoms with Crippen LogP contribution in [0.25, 0.3) is 0 Å². The van der Waals surface area contributed by atoms with Crippen molar-refractivity contribution in [1.29, 1.82) is 0 Å². The van der Waals surface area contributed by atoms with E-state index in [2.05, 4.69) is 0 Å². The van der Waals surface area contributed by atoms with Gasteiger partial charge in [-0.3, -0.25) is 4.79 Å². The molecule has 1 amide bonds. The number of rotatable bonds is 6. The largest absolute Gasteiger partial charge is 0.490 e. The van der Waals surface area contributed by atoms with Crippen LogP contribution in [0.2, 0.25) is 0 Å². The van der Waals surface area contributed by atoms with Crippen molar-refractivity contribution in [2.45, 2.75) is 26.6 Å². The first-order valence-electron chi connectivity index (χ1n) is 6.24. The van der Waals surface area contributed by atoms with Crippen LogP contribution >= 0.6 is 0 Å². The zero-order valence-electron chi connectivity index (χ0n) is 11.8. The van der Waals surface area contributed by atoms with Gasteiger partial charge in [0.15, 0.2) is 17.6 Å². The van der Waals surface area contributed by atoms with E-state index in [1.54, 1.807) is 39.2 Å². The average Bonchev–Trinajstić information content (AvgIpc) is 2.39. The number of hydrogen-bond donors (Lipinski definition) is 1. The SMILES string of the molecule is CCOc1cccc(CO)c1OC(C)C(=O)N(C)C. The van der Waals surface area contributed by atoms with Crippen LogP contribution < -0.4 is 9.47 Å². The van der Waals surface area contributed by atoms with Gasteiger partial charge in [0.1, 0.15) is 0 Å². The van der Waals surface area contributed by atoms with Crippen LogP contribution in [0.5, 0.6) is 11.5 Å². The zero-order chi connectivity index (χ0) is 14.4. The highest BCUT2D eigenvalue weighted by Crippen LogP contribution is 2.32. The fourth-order valence-corrected chi connectivity index (χ4v) is 1.68. The third-order valence-electron chi connectivity index (χ3n) is 2.61. The second-order valence-electron chi connectivity index (χ2n) is 4.33. The molecule has 1 aromatic rings. The second kappa shape index (κ2) is 6.99. The Labute approximate surface area is 113 Å². The number of carbonyl (C=O) groups excluding carboxylic acids is 1. The van der Waals surface area contributed by atoms with Crippen molar-refractivity contribution in [2.75, 3.05) is 20.7 Å². The van der Waals surface area contributed by atoms with Crippen molar-refractivity contribution in [1.82, 2.24) is 4.90 Å². The number of carbonyl (C=O) groups is 1. The summed E-state index contributed by atoms with van der Waals surface area (Å²) >= 11 is 0. The number of amides is 1. The first kappa shape index (κ1) is 15.3. The van der Waals surface area contributed by atoms with Crippen molar-refractivity contribution in [3.05, 3.63) is 23.8 Å². The molecule has 5 nitrogen and oxygen atoms in total. The van der Waals surface area contributed by atoms with Crippen molar-refractivity contribution in [3.63, 3.8) is 0 Å². The number of benzene rings is 1. The lowest BCUT2D eigenvalue weighted by Crippen LogP contribution is -2.35. The minimum absolute atomic E-state index is 0.143. The van der Waals surface area contributed by atoms with Gasteiger partial charge in [-0.25, -0.2) is 0 Å². The van der Waals surface area contributed by atoms with Gasteiger partial charge in [-0.2, -0.15) is 0 Å². The molecule has 0 saturated heterocycles. The van der Waals surface area contributed by atoms with Crippen LogP contribution in [-0.2, 0) is 11.4 Å². The summed E-state index contributed by atoms with van der Waals surface area (Å²) in [6.45, 7) is 3.86. The number of aliphatic hydroxyl groups is 1. The van der Waals surface area contributed by atoms with Crippen LogP contribution in [0.4, 0.5) is 0 Å². The smallest absolute Gasteiger partial charge is 0.262 e. The molecule has 0 radical (unpaired) electrons. The molecule has 0 fully saturated rings. The number of aliphatic hydroxyl groups excluding tert-OH is 1. The van der Waals surface area contributed by atoms with Gasteiger partial charge in [0.2, 0.25) is 0 Å². The lowest BCUT2D eigenvalue weighted by molar-refractivity contribution is -0.135. The Kier molecular flexibility index (Phi) is 5.63. The van der Waals surface area contributed by atoms with E-state index >= 15 is 0 Å². The molecule has 0 spiro atoms. The minimum Gasteiger partial charge on any atom is -0.490 e. The molecule has 0 aromatic heterocycles. The van der Waals surface area contributed by atoms with Gasteiger partial charge in [-0.15, -0.1) is 0 Å². The Morgan fingerprint density at radius 1 is 1.42 bits per heavy atom. The minimum atomic E-state index is -0.637. The van der Waals surface area contributed by atoms with Gasteiger partial charge >= 0.3 is 0 Å². The van der Waals surface area contributed by atoms with Gasteiger partial charge in [0, 0.05) is 19.7 Å². The number of likely N-dealkylation sites (N-methyl/N-ethyl adjacent to an activating group) is 1. The molecule has 0 bridgehead atoms. The van der Waals surface area contributed by atoms with Gasteiger partial charge in [0.25, 0.3) is 5.91 Å². The number of para-hydroxylation sites is 1. The van der Waals surface area contributed by atoms with E-state index in [4.69, 9.17) is 9.47 Å². The molecule has 0 heterocycles. The molecule has 1 unspecified atom stereocenters. The van der Waals surface area contributed by atoms with Gasteiger partial charge in [-0.05, 0) is 19.9 Å². The van der Waals surface area contributed by atoms with Crippen LogP contribution in [0, 0.1) is 0 Å². The van der Waals surface area contributed by atoms with Crippen LogP contribution in [-0.4, -0.2) is 42.7 Å². The molecule has 1 rings (SSSR count). The topological polar surface area (TPSA) is 59.0 Å². The Hall–Kier alpha value is -1.75. The summed E-state index contributed by atoms with van der Waals surface area (Å²) in [6, 6.07) is 5.28. The lowest BCUT2D eigenvalue weighted by Gasteiger charge is -2.21. The van der Waals surface area contributed by atoms with E-state index < -0.39 is 6.10 Å². The van der Waals surface area contributed by atoms with Gasteiger partial charge < -0.3 is 19.5 Å². The van der Waals surface area contributed by atoms with Crippen LogP contribution in [0.3, 0.4) is 0 Å². The fourth-order valence-electron chi connectivity index (χ4n) is 1.68. The summed E-state index contributed by atoms with van der Waals surface area (Å²) in [6.07, 6.45) is -0.637. The fraction of sp³-hybridized carbons (Fsp3) is 0.500. The first-order valence-corrected chi connectivity index (χ1v) is 6.24. The number of nitrogens with zero attached hydrogens (tertiary/aromatic N) is 1. The Morgan fingerprint density at radius 3 is 2.63 bits per heavy atom. The first-order chi connectivity index (χ1) is 9.01. The van der Waals surface area contributed by atoms with E-state index in [9.17, 15) is 9.90 Å². The Balaban J connectivity index is 3.00. The van der Waals surface area contributed by atoms with Crippen molar-refractivity contribution >= 4 is 5.91 Å². The molecule has 1 N–H and O–H groups in total. The summed E-state index contributed by atoms with van der Waals surface area (Å²) in [5.74, 6) is 0.817. The maximum absolute atomic E-state index is 11.8. The zero-order valence-corrected chi connectivity index (χ0v) is 11.8. The third-order valence-corrected chi connectivity index (χ3v) is 2.61. The monoisotopic (exact) mass is 267 g/mol. The number of hydrogen-bond acceptors (Lipinski definition) is 4. The molecular weight excluding hydrogens is 246 g/mol. The highest BCUT2D eigenvalue weighted by molar-refractivity contribution is 5.80. The predicted octanol–water partition coefficient (Wildman–Crippen LogP) is 1.43. The highest BCUT2D eigenvalue weighted by Gasteiger charge is 2.20. The van der Waals surface area contributed by atoms with Gasteiger partial charge in [0.05, 0.1) is 13.2 Å². The molecule has 0 aliphatic heterocycles. The second-order valence-corrected chi connectivity index (χ2v) is 4.33. The highest BCUT2D eigenvalue weighted by atomic mass is 16.5. The molecule has 19 heavy (non-hydrogen) atoms. The van der Waals surface area contributed by atoms with E-state index in [0.717, 1.165) is 0 Å². The molecule has 106 valence electrons. The van der Waals surface area contributed by atoms with E-state index in [1.807, 2.05) is 6.92 Å². The molecular formula is C14H21NO4. The third kappa shape index (κ3) is 3.86. The molecule has 0 aliphatic carbocycles. The molecule has 5 heteroatoms. The van der Waals surface area contributed by atoms with Crippen molar-refractivity contribution in [2.24, 2.45) is 0 Å². The van der Waals surface area contributed by atoms with E-state index in [-0.39, 0.29) is 12.5 Å². The summed E-state index contributed by atoms with van der Waals surface area (Å²) in [4.78, 5) is 13.3. The summed E-state index contributed by atoms with van der Waals surface area (Å²) < 4.78 is 11.1. The molecule has 1 atom stereocenters. The van der Waals surface area contributed by atoms with Gasteiger partial charge in [-0.1, -0.05) is 12.1 Å². The lowest BCUT2D eigenvalue weighted by atomic mass is 10.2. The number of ether oxygens (including phenoxy) is 2.